The highest BCUT2D eigenvalue weighted by Gasteiger charge is 2.29. The first-order chi connectivity index (χ1) is 7.59. The number of rotatable bonds is 4. The van der Waals surface area contributed by atoms with E-state index in [-0.39, 0.29) is 11.3 Å². The van der Waals surface area contributed by atoms with Gasteiger partial charge in [0, 0.05) is 12.1 Å². The first-order valence-electron chi connectivity index (χ1n) is 5.24. The van der Waals surface area contributed by atoms with Gasteiger partial charge in [-0.15, -0.1) is 0 Å². The lowest BCUT2D eigenvalue weighted by molar-refractivity contribution is 0.0660. The van der Waals surface area contributed by atoms with Gasteiger partial charge in [0.25, 0.3) is 0 Å². The fraction of sp³-hybridized carbons (Fsp3) is 0.545. The molecule has 1 fully saturated rings. The van der Waals surface area contributed by atoms with Crippen LogP contribution in [0.25, 0.3) is 0 Å². The van der Waals surface area contributed by atoms with Crippen LogP contribution in [-0.4, -0.2) is 29.8 Å². The Bertz CT molecular complexity index is 379. The highest BCUT2D eigenvalue weighted by atomic mass is 16.5. The van der Waals surface area contributed by atoms with Gasteiger partial charge in [-0.25, -0.2) is 4.79 Å². The third kappa shape index (κ3) is 2.43. The Balaban J connectivity index is 1.91. The van der Waals surface area contributed by atoms with Crippen LogP contribution < -0.4 is 5.32 Å². The number of carbonyl (C=O) groups is 1. The quantitative estimate of drug-likeness (QED) is 0.806. The van der Waals surface area contributed by atoms with Crippen molar-refractivity contribution in [3.63, 3.8) is 0 Å². The minimum absolute atomic E-state index is 0.0235. The molecular weight excluding hydrogens is 210 g/mol. The summed E-state index contributed by atoms with van der Waals surface area (Å²) >= 11 is 0. The van der Waals surface area contributed by atoms with E-state index >= 15 is 0 Å². The standard InChI is InChI=1S/C11H15NO4/c1-11(4-5-15-7-11)12-6-8-2-3-9(16-8)10(13)14/h2-3,12H,4-7H2,1H3,(H,13,14). The van der Waals surface area contributed by atoms with E-state index in [0.29, 0.717) is 18.9 Å². The Labute approximate surface area is 93.4 Å². The van der Waals surface area contributed by atoms with Gasteiger partial charge in [0.15, 0.2) is 0 Å². The van der Waals surface area contributed by atoms with Crippen LogP contribution >= 0.6 is 0 Å². The number of carboxylic acid groups (broad SMARTS) is 1. The molecule has 16 heavy (non-hydrogen) atoms. The van der Waals surface area contributed by atoms with Gasteiger partial charge < -0.3 is 19.6 Å². The molecule has 2 heterocycles. The van der Waals surface area contributed by atoms with Gasteiger partial charge in [0.1, 0.15) is 5.76 Å². The second-order valence-corrected chi connectivity index (χ2v) is 4.29. The number of nitrogens with one attached hydrogen (secondary N) is 1. The van der Waals surface area contributed by atoms with Crippen molar-refractivity contribution in [2.24, 2.45) is 0 Å². The smallest absolute Gasteiger partial charge is 0.371 e. The van der Waals surface area contributed by atoms with Gasteiger partial charge in [-0.2, -0.15) is 0 Å². The highest BCUT2D eigenvalue weighted by Crippen LogP contribution is 2.18. The molecule has 1 aromatic heterocycles. The highest BCUT2D eigenvalue weighted by molar-refractivity contribution is 5.84. The maximum Gasteiger partial charge on any atom is 0.371 e. The van der Waals surface area contributed by atoms with Crippen LogP contribution in [0.15, 0.2) is 16.5 Å². The molecule has 5 heteroatoms. The van der Waals surface area contributed by atoms with Crippen molar-refractivity contribution in [1.82, 2.24) is 5.32 Å². The lowest BCUT2D eigenvalue weighted by Crippen LogP contribution is -2.42. The van der Waals surface area contributed by atoms with Crippen LogP contribution in [0.4, 0.5) is 0 Å². The molecule has 0 amide bonds. The Kier molecular flexibility index (Phi) is 2.98. The second kappa shape index (κ2) is 4.27. The maximum atomic E-state index is 10.6. The molecule has 2 rings (SSSR count). The van der Waals surface area contributed by atoms with E-state index in [4.69, 9.17) is 14.3 Å². The maximum absolute atomic E-state index is 10.6. The molecule has 1 atom stereocenters. The van der Waals surface area contributed by atoms with Crippen LogP contribution in [0.1, 0.15) is 29.7 Å². The fourth-order valence-corrected chi connectivity index (χ4v) is 1.69. The molecule has 1 unspecified atom stereocenters. The lowest BCUT2D eigenvalue weighted by Gasteiger charge is -2.22. The summed E-state index contributed by atoms with van der Waals surface area (Å²) in [6, 6.07) is 3.14. The van der Waals surface area contributed by atoms with E-state index in [0.717, 1.165) is 13.0 Å². The van der Waals surface area contributed by atoms with Crippen molar-refractivity contribution in [3.05, 3.63) is 23.7 Å². The average molecular weight is 225 g/mol. The van der Waals surface area contributed by atoms with Gasteiger partial charge in [-0.1, -0.05) is 0 Å². The van der Waals surface area contributed by atoms with Crippen molar-refractivity contribution in [2.75, 3.05) is 13.2 Å². The van der Waals surface area contributed by atoms with Crippen molar-refractivity contribution >= 4 is 5.97 Å². The van der Waals surface area contributed by atoms with Crippen LogP contribution in [0.2, 0.25) is 0 Å². The Morgan fingerprint density at radius 2 is 2.44 bits per heavy atom. The number of hydrogen-bond acceptors (Lipinski definition) is 4. The normalized spacial score (nSPS) is 24.8. The first kappa shape index (κ1) is 11.2. The number of carboxylic acids is 1. The minimum atomic E-state index is -1.04. The predicted molar refractivity (Wildman–Crippen MR) is 56.3 cm³/mol. The van der Waals surface area contributed by atoms with Crippen LogP contribution in [0, 0.1) is 0 Å². The number of ether oxygens (including phenoxy) is 1. The molecule has 0 bridgehead atoms. The molecule has 0 aromatic carbocycles. The molecular formula is C11H15NO4. The van der Waals surface area contributed by atoms with Gasteiger partial charge in [0.2, 0.25) is 5.76 Å². The SMILES string of the molecule is CC1(NCc2ccc(C(=O)O)o2)CCOC1. The third-order valence-electron chi connectivity index (χ3n) is 2.78. The molecule has 1 aromatic rings. The van der Waals surface area contributed by atoms with Crippen molar-refractivity contribution in [3.8, 4) is 0 Å². The van der Waals surface area contributed by atoms with Crippen LogP contribution in [-0.2, 0) is 11.3 Å². The van der Waals surface area contributed by atoms with Crippen molar-refractivity contribution < 1.29 is 19.1 Å². The molecule has 88 valence electrons. The molecule has 0 saturated carbocycles. The van der Waals surface area contributed by atoms with Gasteiger partial charge in [-0.3, -0.25) is 0 Å². The van der Waals surface area contributed by atoms with E-state index in [2.05, 4.69) is 12.2 Å². The largest absolute Gasteiger partial charge is 0.475 e. The summed E-state index contributed by atoms with van der Waals surface area (Å²) in [4.78, 5) is 10.6. The Morgan fingerprint density at radius 3 is 3.00 bits per heavy atom. The zero-order valence-electron chi connectivity index (χ0n) is 9.16. The summed E-state index contributed by atoms with van der Waals surface area (Å²) in [6.45, 7) is 4.05. The summed E-state index contributed by atoms with van der Waals surface area (Å²) in [5, 5.41) is 12.0. The molecule has 2 N–H and O–H groups in total. The fourth-order valence-electron chi connectivity index (χ4n) is 1.69. The average Bonchev–Trinajstić information content (AvgIpc) is 2.84. The van der Waals surface area contributed by atoms with Gasteiger partial charge in [-0.05, 0) is 25.5 Å². The molecule has 0 spiro atoms. The van der Waals surface area contributed by atoms with Crippen LogP contribution in [0.5, 0.6) is 0 Å². The van der Waals surface area contributed by atoms with Crippen molar-refractivity contribution in [1.29, 1.82) is 0 Å². The van der Waals surface area contributed by atoms with Gasteiger partial charge >= 0.3 is 5.97 Å². The third-order valence-corrected chi connectivity index (χ3v) is 2.78. The van der Waals surface area contributed by atoms with Crippen molar-refractivity contribution in [2.45, 2.75) is 25.4 Å². The molecule has 1 saturated heterocycles. The first-order valence-corrected chi connectivity index (χ1v) is 5.24. The Hall–Kier alpha value is -1.33. The summed E-state index contributed by atoms with van der Waals surface area (Å²) in [7, 11) is 0. The summed E-state index contributed by atoms with van der Waals surface area (Å²) in [5.74, 6) is -0.434. The molecule has 0 radical (unpaired) electrons. The summed E-state index contributed by atoms with van der Waals surface area (Å²) < 4.78 is 10.5. The number of aromatic carboxylic acids is 1. The lowest BCUT2D eigenvalue weighted by atomic mass is 10.0. The predicted octanol–water partition coefficient (Wildman–Crippen LogP) is 1.25. The van der Waals surface area contributed by atoms with E-state index in [1.807, 2.05) is 0 Å². The van der Waals surface area contributed by atoms with Gasteiger partial charge in [0.05, 0.1) is 13.2 Å². The summed E-state index contributed by atoms with van der Waals surface area (Å²) in [6.07, 6.45) is 0.958. The zero-order valence-corrected chi connectivity index (χ0v) is 9.16. The molecule has 1 aliphatic rings. The Morgan fingerprint density at radius 1 is 1.62 bits per heavy atom. The van der Waals surface area contributed by atoms with E-state index in [9.17, 15) is 4.79 Å². The minimum Gasteiger partial charge on any atom is -0.475 e. The zero-order chi connectivity index (χ0) is 11.6. The number of furan rings is 1. The van der Waals surface area contributed by atoms with E-state index in [1.165, 1.54) is 6.07 Å². The topological polar surface area (TPSA) is 71.7 Å². The molecule has 0 aliphatic carbocycles. The second-order valence-electron chi connectivity index (χ2n) is 4.29. The van der Waals surface area contributed by atoms with E-state index in [1.54, 1.807) is 6.07 Å². The van der Waals surface area contributed by atoms with Crippen LogP contribution in [0.3, 0.4) is 0 Å². The van der Waals surface area contributed by atoms with E-state index < -0.39 is 5.97 Å². The number of hydrogen-bond donors (Lipinski definition) is 2. The molecule has 5 nitrogen and oxygen atoms in total. The monoisotopic (exact) mass is 225 g/mol. The molecule has 1 aliphatic heterocycles. The summed E-state index contributed by atoms with van der Waals surface area (Å²) in [5.41, 5.74) is -0.0316.